The number of hydrogen-bond acceptors (Lipinski definition) is 2. The first-order valence-corrected chi connectivity index (χ1v) is 15.6. The van der Waals surface area contributed by atoms with E-state index in [9.17, 15) is 5.41 Å². The number of nitrogens with one attached hydrogen (secondary N) is 2. The molecule has 5 heteroatoms. The van der Waals surface area contributed by atoms with E-state index in [1.165, 1.54) is 10.8 Å². The molecular formula is C42H28N4O. The molecule has 0 bridgehead atoms. The summed E-state index contributed by atoms with van der Waals surface area (Å²) in [6, 6.07) is 53.8. The molecule has 2 aromatic heterocycles. The highest BCUT2D eigenvalue weighted by atomic mass is 16.3. The maximum absolute atomic E-state index is 9.34. The van der Waals surface area contributed by atoms with Gasteiger partial charge in [0.25, 0.3) is 0 Å². The topological polar surface area (TPSA) is 66.3 Å². The molecule has 47 heavy (non-hydrogen) atoms. The van der Waals surface area contributed by atoms with Gasteiger partial charge in [-0.2, -0.15) is 0 Å². The minimum atomic E-state index is 0.143. The van der Waals surface area contributed by atoms with Gasteiger partial charge in [-0.3, -0.25) is 15.5 Å². The lowest BCUT2D eigenvalue weighted by Gasteiger charge is -2.15. The van der Waals surface area contributed by atoms with Crippen molar-refractivity contribution in [3.63, 3.8) is 0 Å². The lowest BCUT2D eigenvalue weighted by atomic mass is 10.00. The van der Waals surface area contributed by atoms with Gasteiger partial charge in [0.05, 0.1) is 11.0 Å². The van der Waals surface area contributed by atoms with Crippen molar-refractivity contribution in [1.82, 2.24) is 4.68 Å². The summed E-state index contributed by atoms with van der Waals surface area (Å²) in [7, 11) is 0. The molecule has 0 atom stereocenters. The number of aromatic nitrogens is 1. The van der Waals surface area contributed by atoms with E-state index in [-0.39, 0.29) is 5.84 Å². The second-order valence-electron chi connectivity index (χ2n) is 11.7. The molecule has 0 aliphatic heterocycles. The Labute approximate surface area is 270 Å². The Bertz CT molecular complexity index is 2620. The molecule has 9 rings (SSSR count). The van der Waals surface area contributed by atoms with E-state index in [4.69, 9.17) is 9.41 Å². The number of para-hydroxylation sites is 3. The molecule has 7 aromatic carbocycles. The Morgan fingerprint density at radius 3 is 1.94 bits per heavy atom. The van der Waals surface area contributed by atoms with Gasteiger partial charge >= 0.3 is 0 Å². The Morgan fingerprint density at radius 1 is 0.553 bits per heavy atom. The van der Waals surface area contributed by atoms with Gasteiger partial charge in [-0.25, -0.2) is 4.99 Å². The zero-order valence-electron chi connectivity index (χ0n) is 25.3. The van der Waals surface area contributed by atoms with Crippen molar-refractivity contribution in [3.8, 4) is 11.1 Å². The zero-order valence-corrected chi connectivity index (χ0v) is 25.3. The smallest absolute Gasteiger partial charge is 0.155 e. The third-order valence-corrected chi connectivity index (χ3v) is 8.92. The van der Waals surface area contributed by atoms with Gasteiger partial charge in [-0.05, 0) is 52.2 Å². The van der Waals surface area contributed by atoms with Crippen molar-refractivity contribution < 1.29 is 4.42 Å². The summed E-state index contributed by atoms with van der Waals surface area (Å²) in [5, 5.41) is 15.9. The fraction of sp³-hybridized carbons (Fsp3) is 0. The van der Waals surface area contributed by atoms with Crippen molar-refractivity contribution in [2.45, 2.75) is 0 Å². The summed E-state index contributed by atoms with van der Waals surface area (Å²) in [5.41, 5.74) is 11.1. The largest absolute Gasteiger partial charge is 0.456 e. The number of rotatable bonds is 4. The van der Waals surface area contributed by atoms with Gasteiger partial charge < -0.3 is 4.42 Å². The minimum Gasteiger partial charge on any atom is -0.456 e. The summed E-state index contributed by atoms with van der Waals surface area (Å²) < 4.78 is 8.20. The Hall–Kier alpha value is -6.46. The summed E-state index contributed by atoms with van der Waals surface area (Å²) in [6.07, 6.45) is 0. The lowest BCUT2D eigenvalue weighted by molar-refractivity contribution is 0.669. The van der Waals surface area contributed by atoms with E-state index in [0.29, 0.717) is 11.4 Å². The predicted octanol–water partition coefficient (Wildman–Crippen LogP) is 10.5. The van der Waals surface area contributed by atoms with Crippen LogP contribution in [0.15, 0.2) is 167 Å². The van der Waals surface area contributed by atoms with Gasteiger partial charge in [0.15, 0.2) is 11.7 Å². The van der Waals surface area contributed by atoms with Crippen LogP contribution >= 0.6 is 0 Å². The molecule has 0 fully saturated rings. The molecule has 0 radical (unpaired) electrons. The molecule has 9 aromatic rings. The summed E-state index contributed by atoms with van der Waals surface area (Å²) in [4.78, 5) is 5.01. The predicted molar refractivity (Wildman–Crippen MR) is 195 cm³/mol. The molecule has 0 unspecified atom stereocenters. The molecular weight excluding hydrogens is 576 g/mol. The highest BCUT2D eigenvalue weighted by Crippen LogP contribution is 2.32. The second-order valence-corrected chi connectivity index (χ2v) is 11.7. The first-order valence-electron chi connectivity index (χ1n) is 15.6. The SMILES string of the molecule is N=C(/N=C(\Nn1c2ccccc2c2ccccc21)c1ccc(-c2ccc3ccccc3c2)cc1)c1cccc2oc3ccccc3c12. The zero-order chi connectivity index (χ0) is 31.3. The summed E-state index contributed by atoms with van der Waals surface area (Å²) >= 11 is 0. The quantitative estimate of drug-likeness (QED) is 0.155. The molecule has 2 N–H and O–H groups in total. The average molecular weight is 605 g/mol. The standard InChI is InChI=1S/C42H28N4O/c43-41(35-15-9-19-39-40(35)34-14-5-8-18-38(34)47-39)44-42(45-46-36-16-6-3-12-32(36)33-13-4-7-17-37(33)46)29-23-20-28(21-24-29)31-25-22-27-10-1-2-11-30(27)26-31/h1-26H,(H2,43,44,45). The van der Waals surface area contributed by atoms with Crippen LogP contribution in [-0.4, -0.2) is 16.3 Å². The van der Waals surface area contributed by atoms with E-state index >= 15 is 0 Å². The Balaban J connectivity index is 1.19. The summed E-state index contributed by atoms with van der Waals surface area (Å²) in [5.74, 6) is 0.709. The normalized spacial score (nSPS) is 12.0. The van der Waals surface area contributed by atoms with Crippen LogP contribution in [0.25, 0.3) is 65.6 Å². The van der Waals surface area contributed by atoms with Gasteiger partial charge in [-0.15, -0.1) is 0 Å². The van der Waals surface area contributed by atoms with E-state index in [0.717, 1.165) is 60.4 Å². The highest BCUT2D eigenvalue weighted by Gasteiger charge is 2.17. The number of amidine groups is 2. The number of furan rings is 1. The highest BCUT2D eigenvalue weighted by molar-refractivity contribution is 6.22. The molecule has 2 heterocycles. The minimum absolute atomic E-state index is 0.143. The van der Waals surface area contributed by atoms with E-state index in [1.807, 2.05) is 54.6 Å². The molecule has 0 aliphatic rings. The van der Waals surface area contributed by atoms with Gasteiger partial charge in [0, 0.05) is 32.7 Å². The fourth-order valence-electron chi connectivity index (χ4n) is 6.64. The van der Waals surface area contributed by atoms with E-state index in [2.05, 4.69) is 113 Å². The number of benzene rings is 7. The number of aliphatic imine (C=N–C) groups is 1. The van der Waals surface area contributed by atoms with Crippen LogP contribution < -0.4 is 5.43 Å². The van der Waals surface area contributed by atoms with E-state index in [1.54, 1.807) is 0 Å². The number of hydrogen-bond donors (Lipinski definition) is 2. The second kappa shape index (κ2) is 10.9. The van der Waals surface area contributed by atoms with Crippen LogP contribution in [0.2, 0.25) is 0 Å². The van der Waals surface area contributed by atoms with Crippen LogP contribution in [0.3, 0.4) is 0 Å². The number of fused-ring (bicyclic) bond motifs is 7. The van der Waals surface area contributed by atoms with Crippen LogP contribution in [0.1, 0.15) is 11.1 Å². The van der Waals surface area contributed by atoms with E-state index < -0.39 is 0 Å². The molecule has 0 aliphatic carbocycles. The fourth-order valence-corrected chi connectivity index (χ4v) is 6.64. The van der Waals surface area contributed by atoms with Gasteiger partial charge in [0.1, 0.15) is 11.2 Å². The van der Waals surface area contributed by atoms with Crippen LogP contribution in [0.4, 0.5) is 0 Å². The maximum atomic E-state index is 9.34. The monoisotopic (exact) mass is 604 g/mol. The third-order valence-electron chi connectivity index (χ3n) is 8.92. The lowest BCUT2D eigenvalue weighted by Crippen LogP contribution is -2.25. The van der Waals surface area contributed by atoms with Crippen molar-refractivity contribution in [1.29, 1.82) is 5.41 Å². The van der Waals surface area contributed by atoms with Crippen molar-refractivity contribution >= 4 is 66.2 Å². The first-order chi connectivity index (χ1) is 23.2. The van der Waals surface area contributed by atoms with Crippen LogP contribution in [0, 0.1) is 5.41 Å². The molecule has 5 nitrogen and oxygen atoms in total. The molecule has 0 amide bonds. The van der Waals surface area contributed by atoms with Gasteiger partial charge in [0.2, 0.25) is 0 Å². The molecule has 0 saturated heterocycles. The van der Waals surface area contributed by atoms with Crippen molar-refractivity contribution in [2.75, 3.05) is 5.43 Å². The molecule has 222 valence electrons. The number of nitrogens with zero attached hydrogens (tertiary/aromatic N) is 2. The van der Waals surface area contributed by atoms with Crippen molar-refractivity contribution in [3.05, 3.63) is 169 Å². The average Bonchev–Trinajstić information content (AvgIpc) is 3.67. The van der Waals surface area contributed by atoms with Crippen molar-refractivity contribution in [2.24, 2.45) is 4.99 Å². The maximum Gasteiger partial charge on any atom is 0.155 e. The summed E-state index contributed by atoms with van der Waals surface area (Å²) in [6.45, 7) is 0. The first kappa shape index (κ1) is 26.9. The molecule has 0 saturated carbocycles. The molecule has 0 spiro atoms. The van der Waals surface area contributed by atoms with Crippen LogP contribution in [0.5, 0.6) is 0 Å². The van der Waals surface area contributed by atoms with Gasteiger partial charge in [-0.1, -0.05) is 127 Å². The van der Waals surface area contributed by atoms with Crippen LogP contribution in [-0.2, 0) is 0 Å². The third kappa shape index (κ3) is 4.56. The Kier molecular flexibility index (Phi) is 6.22. The Morgan fingerprint density at radius 2 is 1.17 bits per heavy atom.